The molecular weight excluding hydrogens is 390 g/mol. The molecule has 0 aliphatic carbocycles. The van der Waals surface area contributed by atoms with Crippen molar-refractivity contribution < 1.29 is 14.3 Å². The van der Waals surface area contributed by atoms with Crippen molar-refractivity contribution in [2.24, 2.45) is 0 Å². The van der Waals surface area contributed by atoms with Gasteiger partial charge in [-0.05, 0) is 18.2 Å². The molecule has 2 heterocycles. The van der Waals surface area contributed by atoms with Gasteiger partial charge in [-0.1, -0.05) is 41.9 Å². The van der Waals surface area contributed by atoms with Gasteiger partial charge in [-0.3, -0.25) is 9.59 Å². The molecule has 4 rings (SSSR count). The highest BCUT2D eigenvalue weighted by Gasteiger charge is 2.29. The summed E-state index contributed by atoms with van der Waals surface area (Å²) in [5.74, 6) is -0.587. The van der Waals surface area contributed by atoms with Gasteiger partial charge in [0.15, 0.2) is 0 Å². The van der Waals surface area contributed by atoms with E-state index < -0.39 is 11.2 Å². The largest absolute Gasteiger partial charge is 0.460 e. The maximum absolute atomic E-state index is 12.2. The Labute approximate surface area is 163 Å². The molecule has 7 heteroatoms. The number of carbonyl (C=O) groups is 2. The van der Waals surface area contributed by atoms with Crippen molar-refractivity contribution in [3.05, 3.63) is 58.4 Å². The quantitative estimate of drug-likeness (QED) is 0.615. The lowest BCUT2D eigenvalue weighted by atomic mass is 10.2. The minimum Gasteiger partial charge on any atom is -0.460 e. The standard InChI is InChI=1S/C19H14ClNO3S2/c20-18-11-5-1-3-7-13(11)25-16(18)10-24-17(22)9-15-19(23)21-12-6-2-4-8-14(12)26-15/h1-8,15H,9-10H2,(H,21,23)/t15-/m0/s1. The van der Waals surface area contributed by atoms with Crippen LogP contribution < -0.4 is 5.32 Å². The van der Waals surface area contributed by atoms with Crippen LogP contribution in [0.15, 0.2) is 53.4 Å². The number of halogens is 1. The molecule has 26 heavy (non-hydrogen) atoms. The fourth-order valence-corrected chi connectivity index (χ4v) is 5.24. The number of hydrogen-bond donors (Lipinski definition) is 1. The van der Waals surface area contributed by atoms with Gasteiger partial charge in [-0.2, -0.15) is 0 Å². The predicted molar refractivity (Wildman–Crippen MR) is 106 cm³/mol. The van der Waals surface area contributed by atoms with E-state index in [9.17, 15) is 9.59 Å². The number of ether oxygens (including phenoxy) is 1. The number of hydrogen-bond acceptors (Lipinski definition) is 5. The fourth-order valence-electron chi connectivity index (χ4n) is 2.74. The summed E-state index contributed by atoms with van der Waals surface area (Å²) in [6, 6.07) is 15.3. The number of anilines is 1. The molecule has 0 spiro atoms. The monoisotopic (exact) mass is 403 g/mol. The lowest BCUT2D eigenvalue weighted by Gasteiger charge is -2.23. The second kappa shape index (κ2) is 7.31. The van der Waals surface area contributed by atoms with Crippen molar-refractivity contribution in [1.29, 1.82) is 0 Å². The van der Waals surface area contributed by atoms with Gasteiger partial charge in [0.1, 0.15) is 6.61 Å². The topological polar surface area (TPSA) is 55.4 Å². The zero-order valence-corrected chi connectivity index (χ0v) is 15.9. The SMILES string of the molecule is O=C(C[C@@H]1Sc2ccccc2NC1=O)OCc1sc2ccccc2c1Cl. The Kier molecular flexibility index (Phi) is 4.89. The molecule has 1 aromatic heterocycles. The number of fused-ring (bicyclic) bond motifs is 2. The lowest BCUT2D eigenvalue weighted by molar-refractivity contribution is -0.145. The smallest absolute Gasteiger partial charge is 0.307 e. The van der Waals surface area contributed by atoms with E-state index in [0.717, 1.165) is 25.5 Å². The highest BCUT2D eigenvalue weighted by atomic mass is 35.5. The highest BCUT2D eigenvalue weighted by molar-refractivity contribution is 8.01. The molecule has 0 bridgehead atoms. The molecule has 1 aliphatic heterocycles. The van der Waals surface area contributed by atoms with Gasteiger partial charge in [0.25, 0.3) is 0 Å². The van der Waals surface area contributed by atoms with Crippen LogP contribution >= 0.6 is 34.7 Å². The van der Waals surface area contributed by atoms with E-state index in [1.165, 1.54) is 23.1 Å². The molecule has 1 amide bonds. The average Bonchev–Trinajstić information content (AvgIpc) is 2.97. The van der Waals surface area contributed by atoms with Crippen molar-refractivity contribution in [3.63, 3.8) is 0 Å². The van der Waals surface area contributed by atoms with Crippen LogP contribution in [0.2, 0.25) is 5.02 Å². The second-order valence-electron chi connectivity index (χ2n) is 5.79. The first kappa shape index (κ1) is 17.4. The molecule has 0 radical (unpaired) electrons. The number of thiophene rings is 1. The third-order valence-corrected chi connectivity index (χ3v) is 6.99. The van der Waals surface area contributed by atoms with E-state index in [-0.39, 0.29) is 18.9 Å². The zero-order chi connectivity index (χ0) is 18.1. The van der Waals surface area contributed by atoms with E-state index in [0.29, 0.717) is 5.02 Å². The first-order valence-corrected chi connectivity index (χ1v) is 10.1. The van der Waals surface area contributed by atoms with Crippen LogP contribution in [0.3, 0.4) is 0 Å². The first-order valence-electron chi connectivity index (χ1n) is 8.00. The summed E-state index contributed by atoms with van der Waals surface area (Å²) in [5, 5.41) is 3.92. The Hall–Kier alpha value is -2.02. The number of thioether (sulfide) groups is 1. The van der Waals surface area contributed by atoms with Gasteiger partial charge in [0, 0.05) is 15.0 Å². The summed E-state index contributed by atoms with van der Waals surface area (Å²) < 4.78 is 6.43. The number of rotatable bonds is 4. The Balaban J connectivity index is 1.40. The number of carbonyl (C=O) groups excluding carboxylic acids is 2. The van der Waals surface area contributed by atoms with Crippen molar-refractivity contribution in [1.82, 2.24) is 0 Å². The van der Waals surface area contributed by atoms with Gasteiger partial charge in [-0.25, -0.2) is 0 Å². The lowest BCUT2D eigenvalue weighted by Crippen LogP contribution is -2.31. The fraction of sp³-hybridized carbons (Fsp3) is 0.158. The van der Waals surface area contributed by atoms with Gasteiger partial charge >= 0.3 is 5.97 Å². The van der Waals surface area contributed by atoms with Crippen molar-refractivity contribution >= 4 is 62.3 Å². The minimum absolute atomic E-state index is 0.0212. The predicted octanol–water partition coefficient (Wildman–Crippen LogP) is 5.10. The molecule has 0 unspecified atom stereocenters. The summed E-state index contributed by atoms with van der Waals surface area (Å²) >= 11 is 9.26. The van der Waals surface area contributed by atoms with Gasteiger partial charge in [0.2, 0.25) is 5.91 Å². The van der Waals surface area contributed by atoms with Gasteiger partial charge in [0.05, 0.1) is 27.3 Å². The summed E-state index contributed by atoms with van der Waals surface area (Å²) in [6.07, 6.45) is 0.0212. The van der Waals surface area contributed by atoms with E-state index >= 15 is 0 Å². The third kappa shape index (κ3) is 3.45. The van der Waals surface area contributed by atoms with E-state index in [1.807, 2.05) is 48.5 Å². The Morgan fingerprint density at radius 3 is 2.77 bits per heavy atom. The van der Waals surface area contributed by atoms with Crippen LogP contribution in [0, 0.1) is 0 Å². The minimum atomic E-state index is -0.490. The Morgan fingerprint density at radius 1 is 1.15 bits per heavy atom. The van der Waals surface area contributed by atoms with Crippen LogP contribution in [-0.4, -0.2) is 17.1 Å². The Morgan fingerprint density at radius 2 is 1.92 bits per heavy atom. The molecule has 1 N–H and O–H groups in total. The normalized spacial score (nSPS) is 16.2. The summed E-state index contributed by atoms with van der Waals surface area (Å²) in [4.78, 5) is 26.2. The second-order valence-corrected chi connectivity index (χ2v) is 8.55. The molecule has 132 valence electrons. The van der Waals surface area contributed by atoms with E-state index in [1.54, 1.807) is 0 Å². The molecule has 4 nitrogen and oxygen atoms in total. The number of benzene rings is 2. The van der Waals surface area contributed by atoms with Crippen LogP contribution in [0.25, 0.3) is 10.1 Å². The molecule has 0 fully saturated rings. The van der Waals surface area contributed by atoms with E-state index in [2.05, 4.69) is 5.32 Å². The number of amides is 1. The average molecular weight is 404 g/mol. The highest BCUT2D eigenvalue weighted by Crippen LogP contribution is 2.37. The van der Waals surface area contributed by atoms with Gasteiger partial charge in [-0.15, -0.1) is 23.1 Å². The molecule has 2 aromatic carbocycles. The molecule has 0 saturated heterocycles. The van der Waals surface area contributed by atoms with Crippen LogP contribution in [-0.2, 0) is 20.9 Å². The molecule has 1 atom stereocenters. The van der Waals surface area contributed by atoms with Crippen molar-refractivity contribution in [2.45, 2.75) is 23.2 Å². The van der Waals surface area contributed by atoms with Gasteiger partial charge < -0.3 is 10.1 Å². The van der Waals surface area contributed by atoms with Crippen LogP contribution in [0.1, 0.15) is 11.3 Å². The van der Waals surface area contributed by atoms with Crippen molar-refractivity contribution in [3.8, 4) is 0 Å². The molecular formula is C19H14ClNO3S2. The van der Waals surface area contributed by atoms with E-state index in [4.69, 9.17) is 16.3 Å². The summed E-state index contributed by atoms with van der Waals surface area (Å²) in [5.41, 5.74) is 0.782. The van der Waals surface area contributed by atoms with Crippen LogP contribution in [0.5, 0.6) is 0 Å². The number of nitrogens with one attached hydrogen (secondary N) is 1. The Bertz CT molecular complexity index is 1000. The van der Waals surface area contributed by atoms with Crippen molar-refractivity contribution in [2.75, 3.05) is 5.32 Å². The number of para-hydroxylation sites is 1. The van der Waals surface area contributed by atoms with Crippen LogP contribution in [0.4, 0.5) is 5.69 Å². The molecule has 0 saturated carbocycles. The zero-order valence-electron chi connectivity index (χ0n) is 13.5. The molecule has 3 aromatic rings. The third-order valence-electron chi connectivity index (χ3n) is 4.02. The molecule has 1 aliphatic rings. The maximum Gasteiger partial charge on any atom is 0.307 e. The first-order chi connectivity index (χ1) is 12.6. The summed E-state index contributed by atoms with van der Waals surface area (Å²) in [7, 11) is 0. The summed E-state index contributed by atoms with van der Waals surface area (Å²) in [6.45, 7) is 0.118. The maximum atomic E-state index is 12.2. The number of esters is 1.